The van der Waals surface area contributed by atoms with E-state index in [1.54, 1.807) is 36.4 Å². The number of nitro benzene ring substituents is 1. The predicted octanol–water partition coefficient (Wildman–Crippen LogP) is 13.3. The van der Waals surface area contributed by atoms with E-state index in [9.17, 15) is 29.9 Å². The number of aromatic nitrogens is 1. The maximum Gasteiger partial charge on any atom is 0.269 e. The largest absolute Gasteiger partial charge is 0.507 e. The van der Waals surface area contributed by atoms with E-state index in [2.05, 4.69) is 39.7 Å². The molecule has 0 unspecified atom stereocenters. The standard InChI is InChI=1S/C40H26N6O6.C3H8.2C2H6/c47-34-21-23-6-2-1-5-22(23)19-31(34)39(49)41-25-10-12-26(13-11-25)42-40(50)32-20-24-9-18-30-29-7-3-4-8-33(29)43-36(30)35(24)37(38(32)48)45-44-27-14-16-28(17-15-27)46(51)52;1-3-2;2*1-2/h1-21,43,47-48H,(H,41,49)(H,42,50);3H2,1-2H3;2*1-2H3. The minimum Gasteiger partial charge on any atom is -0.507 e. The summed E-state index contributed by atoms with van der Waals surface area (Å²) in [7, 11) is 0. The molecular formula is C47H46N6O6. The number of rotatable bonds is 7. The van der Waals surface area contributed by atoms with E-state index in [1.807, 2.05) is 88.4 Å². The summed E-state index contributed by atoms with van der Waals surface area (Å²) >= 11 is 0. The van der Waals surface area contributed by atoms with Crippen LogP contribution in [-0.4, -0.2) is 31.9 Å². The lowest BCUT2D eigenvalue weighted by molar-refractivity contribution is -0.384. The fraction of sp³-hybridized carbons (Fsp3) is 0.149. The van der Waals surface area contributed by atoms with Crippen molar-refractivity contribution in [1.29, 1.82) is 0 Å². The summed E-state index contributed by atoms with van der Waals surface area (Å²) in [6.07, 6.45) is 1.25. The van der Waals surface area contributed by atoms with Crippen molar-refractivity contribution in [3.05, 3.63) is 149 Å². The molecule has 12 heteroatoms. The molecule has 300 valence electrons. The van der Waals surface area contributed by atoms with Gasteiger partial charge in [-0.1, -0.05) is 103 Å². The third-order valence-electron chi connectivity index (χ3n) is 8.81. The zero-order chi connectivity index (χ0) is 42.6. The van der Waals surface area contributed by atoms with Gasteiger partial charge in [-0.3, -0.25) is 19.7 Å². The van der Waals surface area contributed by atoms with Crippen LogP contribution in [0.15, 0.2) is 138 Å². The Kier molecular flexibility index (Phi) is 14.1. The number of para-hydroxylation sites is 1. The number of fused-ring (bicyclic) bond motifs is 6. The fourth-order valence-corrected chi connectivity index (χ4v) is 6.24. The molecule has 5 N–H and O–H groups in total. The summed E-state index contributed by atoms with van der Waals surface area (Å²) in [6.45, 7) is 12.2. The van der Waals surface area contributed by atoms with Gasteiger partial charge in [0.2, 0.25) is 0 Å². The van der Waals surface area contributed by atoms with Crippen molar-refractivity contribution in [1.82, 2.24) is 4.98 Å². The van der Waals surface area contributed by atoms with E-state index in [1.165, 1.54) is 36.8 Å². The highest BCUT2D eigenvalue weighted by Gasteiger charge is 2.22. The number of amides is 2. The van der Waals surface area contributed by atoms with Gasteiger partial charge in [0.15, 0.2) is 5.75 Å². The highest BCUT2D eigenvalue weighted by Crippen LogP contribution is 2.44. The number of nitrogens with zero attached hydrogens (tertiary/aromatic N) is 3. The van der Waals surface area contributed by atoms with Gasteiger partial charge in [-0.05, 0) is 76.8 Å². The van der Waals surface area contributed by atoms with Crippen LogP contribution < -0.4 is 10.6 Å². The summed E-state index contributed by atoms with van der Waals surface area (Å²) in [4.78, 5) is 40.7. The zero-order valence-electron chi connectivity index (χ0n) is 33.7. The SMILES string of the molecule is CC.CC.CCC.O=C(Nc1ccc(NC(=O)c2cc3ccc4c5ccccc5[nH]c4c3c(N=Nc3ccc([N+](=O)[O-])cc3)c2O)cc1)c1cc2ccccc2cc1O. The maximum absolute atomic E-state index is 13.7. The van der Waals surface area contributed by atoms with Gasteiger partial charge >= 0.3 is 0 Å². The van der Waals surface area contributed by atoms with E-state index in [-0.39, 0.29) is 28.3 Å². The van der Waals surface area contributed by atoms with Crippen LogP contribution in [0.25, 0.3) is 43.4 Å². The van der Waals surface area contributed by atoms with Crippen LogP contribution in [0.4, 0.5) is 28.4 Å². The van der Waals surface area contributed by atoms with E-state index in [4.69, 9.17) is 0 Å². The number of nitrogens with one attached hydrogen (secondary N) is 3. The number of hydrogen-bond acceptors (Lipinski definition) is 8. The van der Waals surface area contributed by atoms with Crippen molar-refractivity contribution in [2.75, 3.05) is 10.6 Å². The Bertz CT molecular complexity index is 2800. The van der Waals surface area contributed by atoms with Gasteiger partial charge in [0, 0.05) is 45.2 Å². The average Bonchev–Trinajstić information content (AvgIpc) is 3.64. The molecule has 0 saturated heterocycles. The molecule has 0 spiro atoms. The maximum atomic E-state index is 13.7. The Morgan fingerprint density at radius 1 is 0.661 bits per heavy atom. The average molecular weight is 791 g/mol. The molecule has 2 amide bonds. The molecule has 0 aliphatic carbocycles. The van der Waals surface area contributed by atoms with Gasteiger partial charge in [0.1, 0.15) is 11.4 Å². The van der Waals surface area contributed by atoms with E-state index >= 15 is 0 Å². The van der Waals surface area contributed by atoms with Crippen LogP contribution in [0, 0.1) is 10.1 Å². The summed E-state index contributed by atoms with van der Waals surface area (Å²) in [5.74, 6) is -1.69. The number of carbonyl (C=O) groups is 2. The number of aromatic hydroxyl groups is 2. The van der Waals surface area contributed by atoms with Crippen molar-refractivity contribution in [3.63, 3.8) is 0 Å². The molecule has 0 bridgehead atoms. The quantitative estimate of drug-likeness (QED) is 0.0608. The number of non-ortho nitro benzene ring substituents is 1. The second-order valence-electron chi connectivity index (χ2n) is 12.8. The molecule has 8 rings (SSSR count). The first-order chi connectivity index (χ1) is 28.6. The molecule has 1 aromatic heterocycles. The number of nitro groups is 1. The van der Waals surface area contributed by atoms with Gasteiger partial charge in [-0.2, -0.15) is 5.11 Å². The number of benzene rings is 7. The molecule has 0 aliphatic rings. The van der Waals surface area contributed by atoms with Gasteiger partial charge in [0.05, 0.1) is 27.3 Å². The normalized spacial score (nSPS) is 10.6. The first-order valence-corrected chi connectivity index (χ1v) is 19.4. The number of H-pyrrole nitrogens is 1. The Morgan fingerprint density at radius 3 is 1.81 bits per heavy atom. The zero-order valence-corrected chi connectivity index (χ0v) is 33.7. The van der Waals surface area contributed by atoms with Crippen LogP contribution >= 0.6 is 0 Å². The molecular weight excluding hydrogens is 745 g/mol. The second kappa shape index (κ2) is 19.5. The monoisotopic (exact) mass is 790 g/mol. The molecule has 59 heavy (non-hydrogen) atoms. The van der Waals surface area contributed by atoms with E-state index in [0.29, 0.717) is 33.4 Å². The first-order valence-electron chi connectivity index (χ1n) is 19.4. The van der Waals surface area contributed by atoms with E-state index < -0.39 is 22.5 Å². The lowest BCUT2D eigenvalue weighted by Gasteiger charge is -2.13. The van der Waals surface area contributed by atoms with Crippen LogP contribution in [-0.2, 0) is 0 Å². The fourth-order valence-electron chi connectivity index (χ4n) is 6.24. The van der Waals surface area contributed by atoms with Gasteiger partial charge < -0.3 is 25.8 Å². The molecule has 0 fully saturated rings. The first kappa shape index (κ1) is 42.5. The number of phenolic OH excluding ortho intramolecular Hbond substituents is 2. The smallest absolute Gasteiger partial charge is 0.269 e. The van der Waals surface area contributed by atoms with Crippen LogP contribution in [0.1, 0.15) is 68.7 Å². The van der Waals surface area contributed by atoms with Gasteiger partial charge in [-0.15, -0.1) is 5.11 Å². The Balaban J connectivity index is 0.000000892. The van der Waals surface area contributed by atoms with Crippen LogP contribution in [0.3, 0.4) is 0 Å². The number of phenols is 2. The molecule has 7 aromatic carbocycles. The molecule has 1 heterocycles. The Labute approximate surface area is 341 Å². The van der Waals surface area contributed by atoms with Crippen molar-refractivity contribution < 1.29 is 24.7 Å². The molecule has 0 atom stereocenters. The summed E-state index contributed by atoms with van der Waals surface area (Å²) in [6, 6.07) is 35.5. The minimum absolute atomic E-state index is 0.0353. The molecule has 12 nitrogen and oxygen atoms in total. The predicted molar refractivity (Wildman–Crippen MR) is 239 cm³/mol. The summed E-state index contributed by atoms with van der Waals surface area (Å²) < 4.78 is 0. The van der Waals surface area contributed by atoms with Gasteiger partial charge in [-0.25, -0.2) is 0 Å². The minimum atomic E-state index is -0.624. The Morgan fingerprint density at radius 2 is 1.20 bits per heavy atom. The number of hydrogen-bond donors (Lipinski definition) is 5. The van der Waals surface area contributed by atoms with Crippen molar-refractivity contribution in [2.24, 2.45) is 10.2 Å². The molecule has 8 aromatic rings. The highest BCUT2D eigenvalue weighted by molar-refractivity contribution is 6.22. The lowest BCUT2D eigenvalue weighted by atomic mass is 10.00. The summed E-state index contributed by atoms with van der Waals surface area (Å²) in [5, 5.41) is 52.0. The lowest BCUT2D eigenvalue weighted by Crippen LogP contribution is -2.13. The van der Waals surface area contributed by atoms with Crippen molar-refractivity contribution in [3.8, 4) is 11.5 Å². The topological polar surface area (TPSA) is 182 Å². The van der Waals surface area contributed by atoms with Crippen LogP contribution in [0.2, 0.25) is 0 Å². The molecule has 0 radical (unpaired) electrons. The highest BCUT2D eigenvalue weighted by atomic mass is 16.6. The van der Waals surface area contributed by atoms with E-state index in [0.717, 1.165) is 27.1 Å². The number of carbonyl (C=O) groups excluding carboxylic acids is 2. The van der Waals surface area contributed by atoms with Crippen LogP contribution in [0.5, 0.6) is 11.5 Å². The third-order valence-corrected chi connectivity index (χ3v) is 8.81. The number of azo groups is 1. The number of anilines is 2. The van der Waals surface area contributed by atoms with Gasteiger partial charge in [0.25, 0.3) is 17.5 Å². The molecule has 0 aliphatic heterocycles. The second-order valence-corrected chi connectivity index (χ2v) is 12.8. The Hall–Kier alpha value is -7.60. The molecule has 0 saturated carbocycles. The summed E-state index contributed by atoms with van der Waals surface area (Å²) in [5.41, 5.74) is 2.67. The number of aromatic amines is 1. The van der Waals surface area contributed by atoms with Crippen molar-refractivity contribution >= 4 is 83.6 Å². The third kappa shape index (κ3) is 9.35. The van der Waals surface area contributed by atoms with Crippen molar-refractivity contribution in [2.45, 2.75) is 48.0 Å².